The van der Waals surface area contributed by atoms with Crippen molar-refractivity contribution in [3.8, 4) is 0 Å². The number of carboxylic acid groups (broad SMARTS) is 1. The third-order valence-corrected chi connectivity index (χ3v) is 5.01. The lowest BCUT2D eigenvalue weighted by Crippen LogP contribution is -2.52. The number of nitrogens with zero attached hydrogens (tertiary/aromatic N) is 2. The summed E-state index contributed by atoms with van der Waals surface area (Å²) < 4.78 is 22.5. The summed E-state index contributed by atoms with van der Waals surface area (Å²) in [6, 6.07) is -1.12. The number of carbonyl (C=O) groups is 2. The number of amides is 2. The second-order valence-corrected chi connectivity index (χ2v) is 6.91. The predicted octanol–water partition coefficient (Wildman–Crippen LogP) is -0.614. The number of aliphatic carboxylic acids is 1. The molecule has 0 aromatic carbocycles. The highest BCUT2D eigenvalue weighted by molar-refractivity contribution is 7.91. The molecule has 1 atom stereocenters. The maximum Gasteiger partial charge on any atom is 0.326 e. The number of rotatable bonds is 1. The summed E-state index contributed by atoms with van der Waals surface area (Å²) in [5.41, 5.74) is 0. The highest BCUT2D eigenvalue weighted by atomic mass is 32.2. The third kappa shape index (κ3) is 2.58. The van der Waals surface area contributed by atoms with Gasteiger partial charge in [-0.15, -0.1) is 0 Å². The van der Waals surface area contributed by atoms with Gasteiger partial charge in [-0.05, 0) is 12.8 Å². The molecule has 18 heavy (non-hydrogen) atoms. The minimum atomic E-state index is -3.03. The average molecular weight is 276 g/mol. The first-order valence-electron chi connectivity index (χ1n) is 5.89. The van der Waals surface area contributed by atoms with Crippen LogP contribution < -0.4 is 0 Å². The molecular weight excluding hydrogens is 260 g/mol. The Labute approximate surface area is 105 Å². The van der Waals surface area contributed by atoms with Crippen LogP contribution in [-0.2, 0) is 14.6 Å². The molecule has 0 bridgehead atoms. The Morgan fingerprint density at radius 1 is 1.11 bits per heavy atom. The van der Waals surface area contributed by atoms with E-state index in [-0.39, 0.29) is 30.6 Å². The van der Waals surface area contributed by atoms with Gasteiger partial charge in [-0.25, -0.2) is 18.0 Å². The molecule has 102 valence electrons. The summed E-state index contributed by atoms with van der Waals surface area (Å²) in [7, 11) is -3.03. The van der Waals surface area contributed by atoms with Crippen molar-refractivity contribution >= 4 is 21.8 Å². The Morgan fingerprint density at radius 3 is 2.28 bits per heavy atom. The van der Waals surface area contributed by atoms with Crippen LogP contribution in [0.15, 0.2) is 0 Å². The van der Waals surface area contributed by atoms with Crippen LogP contribution in [0, 0.1) is 0 Å². The summed E-state index contributed by atoms with van der Waals surface area (Å²) in [6.07, 6.45) is 1.14. The molecule has 8 heteroatoms. The zero-order chi connectivity index (χ0) is 13.3. The highest BCUT2D eigenvalue weighted by Crippen LogP contribution is 2.20. The molecule has 7 nitrogen and oxygen atoms in total. The second kappa shape index (κ2) is 4.75. The lowest BCUT2D eigenvalue weighted by Gasteiger charge is -2.32. The highest BCUT2D eigenvalue weighted by Gasteiger charge is 2.37. The first-order chi connectivity index (χ1) is 8.41. The van der Waals surface area contributed by atoms with Gasteiger partial charge in [0.05, 0.1) is 11.5 Å². The van der Waals surface area contributed by atoms with E-state index >= 15 is 0 Å². The van der Waals surface area contributed by atoms with Gasteiger partial charge < -0.3 is 14.9 Å². The van der Waals surface area contributed by atoms with E-state index in [1.165, 1.54) is 9.80 Å². The molecule has 2 saturated heterocycles. The van der Waals surface area contributed by atoms with Gasteiger partial charge in [0.1, 0.15) is 6.04 Å². The molecule has 0 radical (unpaired) electrons. The minimum absolute atomic E-state index is 0.0374. The van der Waals surface area contributed by atoms with Crippen LogP contribution in [0.5, 0.6) is 0 Å². The zero-order valence-electron chi connectivity index (χ0n) is 9.91. The average Bonchev–Trinajstić information content (AvgIpc) is 2.77. The van der Waals surface area contributed by atoms with Crippen LogP contribution in [0.3, 0.4) is 0 Å². The van der Waals surface area contributed by atoms with Crippen LogP contribution in [-0.4, -0.2) is 72.5 Å². The zero-order valence-corrected chi connectivity index (χ0v) is 10.7. The molecule has 2 aliphatic rings. The number of hydrogen-bond donors (Lipinski definition) is 1. The molecular formula is C10H16N2O5S. The molecule has 0 unspecified atom stereocenters. The second-order valence-electron chi connectivity index (χ2n) is 4.61. The van der Waals surface area contributed by atoms with E-state index in [2.05, 4.69) is 0 Å². The Hall–Kier alpha value is -1.31. The molecule has 2 heterocycles. The molecule has 2 fully saturated rings. The molecule has 1 N–H and O–H groups in total. The molecule has 0 saturated carbocycles. The lowest BCUT2D eigenvalue weighted by atomic mass is 10.2. The van der Waals surface area contributed by atoms with Crippen LogP contribution in [0.25, 0.3) is 0 Å². The fourth-order valence-electron chi connectivity index (χ4n) is 2.34. The largest absolute Gasteiger partial charge is 0.480 e. The summed E-state index contributed by atoms with van der Waals surface area (Å²) >= 11 is 0. The van der Waals surface area contributed by atoms with Gasteiger partial charge in [0.15, 0.2) is 9.84 Å². The molecule has 2 aliphatic heterocycles. The van der Waals surface area contributed by atoms with Gasteiger partial charge in [-0.1, -0.05) is 0 Å². The third-order valence-electron chi connectivity index (χ3n) is 3.40. The molecule has 0 aromatic heterocycles. The topological polar surface area (TPSA) is 95.0 Å². The lowest BCUT2D eigenvalue weighted by molar-refractivity contribution is -0.141. The molecule has 0 aromatic rings. The van der Waals surface area contributed by atoms with Crippen LogP contribution >= 0.6 is 0 Å². The van der Waals surface area contributed by atoms with Crippen molar-refractivity contribution in [1.82, 2.24) is 9.80 Å². The van der Waals surface area contributed by atoms with Gasteiger partial charge in [-0.3, -0.25) is 0 Å². The predicted molar refractivity (Wildman–Crippen MR) is 63.0 cm³/mol. The number of carbonyl (C=O) groups excluding carboxylic acids is 1. The Balaban J connectivity index is 2.02. The number of hydrogen-bond acceptors (Lipinski definition) is 4. The van der Waals surface area contributed by atoms with Crippen molar-refractivity contribution in [1.29, 1.82) is 0 Å². The number of urea groups is 1. The normalized spacial score (nSPS) is 27.2. The summed E-state index contributed by atoms with van der Waals surface area (Å²) in [4.78, 5) is 25.9. The van der Waals surface area contributed by atoms with Crippen LogP contribution in [0.4, 0.5) is 4.79 Å². The fraction of sp³-hybridized carbons (Fsp3) is 0.800. The first kappa shape index (κ1) is 13.1. The standard InChI is InChI=1S/C10H16N2O5S/c13-9(14)8-2-1-3-12(8)10(15)11-4-6-18(16,17)7-5-11/h8H,1-7H2,(H,13,14)/t8-/m1/s1. The van der Waals surface area contributed by atoms with Crippen molar-refractivity contribution in [2.24, 2.45) is 0 Å². The Kier molecular flexibility index (Phi) is 3.47. The molecule has 0 aliphatic carbocycles. The van der Waals surface area contributed by atoms with Crippen LogP contribution in [0.2, 0.25) is 0 Å². The van der Waals surface area contributed by atoms with Crippen molar-refractivity contribution in [3.05, 3.63) is 0 Å². The van der Waals surface area contributed by atoms with E-state index in [4.69, 9.17) is 5.11 Å². The fourth-order valence-corrected chi connectivity index (χ4v) is 3.54. The van der Waals surface area contributed by atoms with Gasteiger partial charge in [-0.2, -0.15) is 0 Å². The minimum Gasteiger partial charge on any atom is -0.480 e. The van der Waals surface area contributed by atoms with Gasteiger partial charge >= 0.3 is 12.0 Å². The maximum absolute atomic E-state index is 12.1. The SMILES string of the molecule is O=C(O)[C@H]1CCCN1C(=O)N1CCS(=O)(=O)CC1. The van der Waals surface area contributed by atoms with Gasteiger partial charge in [0.25, 0.3) is 0 Å². The quantitative estimate of drug-likeness (QED) is 0.689. The number of carboxylic acids is 1. The molecule has 2 amide bonds. The number of likely N-dealkylation sites (tertiary alicyclic amines) is 1. The smallest absolute Gasteiger partial charge is 0.326 e. The van der Waals surface area contributed by atoms with Crippen molar-refractivity contribution < 1.29 is 23.1 Å². The van der Waals surface area contributed by atoms with Crippen molar-refractivity contribution in [3.63, 3.8) is 0 Å². The van der Waals surface area contributed by atoms with E-state index in [9.17, 15) is 18.0 Å². The number of sulfone groups is 1. The van der Waals surface area contributed by atoms with E-state index in [0.29, 0.717) is 19.4 Å². The van der Waals surface area contributed by atoms with Crippen molar-refractivity contribution in [2.75, 3.05) is 31.1 Å². The van der Waals surface area contributed by atoms with E-state index < -0.39 is 21.8 Å². The van der Waals surface area contributed by atoms with Crippen LogP contribution in [0.1, 0.15) is 12.8 Å². The van der Waals surface area contributed by atoms with Gasteiger partial charge in [0.2, 0.25) is 0 Å². The molecule has 2 rings (SSSR count). The Morgan fingerprint density at radius 2 is 1.72 bits per heavy atom. The monoisotopic (exact) mass is 276 g/mol. The summed E-state index contributed by atoms with van der Waals surface area (Å²) in [5, 5.41) is 9.01. The van der Waals surface area contributed by atoms with E-state index in [1.807, 2.05) is 0 Å². The van der Waals surface area contributed by atoms with Gasteiger partial charge in [0, 0.05) is 19.6 Å². The van der Waals surface area contributed by atoms with Crippen molar-refractivity contribution in [2.45, 2.75) is 18.9 Å². The Bertz CT molecular complexity index is 447. The van der Waals surface area contributed by atoms with E-state index in [0.717, 1.165) is 0 Å². The maximum atomic E-state index is 12.1. The summed E-state index contributed by atoms with van der Waals surface area (Å²) in [5.74, 6) is -1.07. The van der Waals surface area contributed by atoms with E-state index in [1.54, 1.807) is 0 Å². The summed E-state index contributed by atoms with van der Waals surface area (Å²) in [6.45, 7) is 0.743. The molecule has 0 spiro atoms. The first-order valence-corrected chi connectivity index (χ1v) is 7.71.